The van der Waals surface area contributed by atoms with Gasteiger partial charge >= 0.3 is 0 Å². The molecule has 0 fully saturated rings. The third-order valence-electron chi connectivity index (χ3n) is 4.04. The van der Waals surface area contributed by atoms with Gasteiger partial charge in [-0.15, -0.1) is 0 Å². The predicted molar refractivity (Wildman–Crippen MR) is 106 cm³/mol. The highest BCUT2D eigenvalue weighted by Crippen LogP contribution is 2.10. The molecule has 0 saturated heterocycles. The van der Waals surface area contributed by atoms with Crippen LogP contribution in [0, 0.1) is 5.82 Å². The van der Waals surface area contributed by atoms with Crippen LogP contribution in [0.3, 0.4) is 0 Å². The van der Waals surface area contributed by atoms with Gasteiger partial charge in [-0.25, -0.2) is 14.1 Å². The van der Waals surface area contributed by atoms with E-state index >= 15 is 0 Å². The molecule has 140 valence electrons. The van der Waals surface area contributed by atoms with E-state index in [-0.39, 0.29) is 5.82 Å². The standard InChI is InChI=1S/C21H24FN5/c1-2-23-21(24-12-10-17-6-3-8-19(22)14-17)25-16-18-7-4-9-20(15-18)27-13-5-11-26-27/h3-9,11,13-15H,2,10,12,16H2,1H3,(H2,23,24,25). The maximum atomic E-state index is 13.3. The van der Waals surface area contributed by atoms with Crippen molar-refractivity contribution in [3.63, 3.8) is 0 Å². The van der Waals surface area contributed by atoms with Crippen LogP contribution in [0.15, 0.2) is 72.0 Å². The Hall–Kier alpha value is -3.15. The Morgan fingerprint density at radius 3 is 2.70 bits per heavy atom. The molecule has 0 aliphatic rings. The number of hydrogen-bond acceptors (Lipinski definition) is 2. The molecule has 2 N–H and O–H groups in total. The first-order valence-corrected chi connectivity index (χ1v) is 9.10. The fraction of sp³-hybridized carbons (Fsp3) is 0.238. The predicted octanol–water partition coefficient (Wildman–Crippen LogP) is 3.31. The SMILES string of the molecule is CCNC(=NCc1cccc(-n2cccn2)c1)NCCc1cccc(F)c1. The fourth-order valence-electron chi connectivity index (χ4n) is 2.75. The van der Waals surface area contributed by atoms with Crippen LogP contribution in [0.25, 0.3) is 5.69 Å². The van der Waals surface area contributed by atoms with Gasteiger partial charge in [-0.05, 0) is 54.8 Å². The molecule has 0 aliphatic carbocycles. The fourth-order valence-corrected chi connectivity index (χ4v) is 2.75. The van der Waals surface area contributed by atoms with Crippen molar-refractivity contribution in [3.05, 3.63) is 83.9 Å². The number of guanidine groups is 1. The van der Waals surface area contributed by atoms with Gasteiger partial charge in [0, 0.05) is 25.5 Å². The van der Waals surface area contributed by atoms with Gasteiger partial charge in [0.25, 0.3) is 0 Å². The molecule has 0 unspecified atom stereocenters. The highest BCUT2D eigenvalue weighted by molar-refractivity contribution is 5.79. The Bertz CT molecular complexity index is 874. The van der Waals surface area contributed by atoms with Crippen molar-refractivity contribution in [3.8, 4) is 5.69 Å². The molecule has 1 aromatic heterocycles. The van der Waals surface area contributed by atoms with Gasteiger partial charge < -0.3 is 10.6 Å². The molecule has 27 heavy (non-hydrogen) atoms. The van der Waals surface area contributed by atoms with Gasteiger partial charge in [-0.1, -0.05) is 24.3 Å². The summed E-state index contributed by atoms with van der Waals surface area (Å²) in [4.78, 5) is 4.65. The average molecular weight is 365 g/mol. The zero-order valence-electron chi connectivity index (χ0n) is 15.4. The summed E-state index contributed by atoms with van der Waals surface area (Å²) in [6, 6.07) is 16.7. The van der Waals surface area contributed by atoms with Crippen LogP contribution in [-0.2, 0) is 13.0 Å². The molecular formula is C21H24FN5. The summed E-state index contributed by atoms with van der Waals surface area (Å²) in [5, 5.41) is 10.8. The first-order chi connectivity index (χ1) is 13.2. The van der Waals surface area contributed by atoms with Gasteiger partial charge in [-0.2, -0.15) is 5.10 Å². The van der Waals surface area contributed by atoms with Crippen molar-refractivity contribution < 1.29 is 4.39 Å². The van der Waals surface area contributed by atoms with E-state index < -0.39 is 0 Å². The molecule has 0 saturated carbocycles. The molecule has 2 aromatic carbocycles. The minimum absolute atomic E-state index is 0.204. The van der Waals surface area contributed by atoms with Crippen LogP contribution < -0.4 is 10.6 Å². The molecule has 3 rings (SSSR count). The number of rotatable bonds is 7. The third kappa shape index (κ3) is 5.67. The van der Waals surface area contributed by atoms with E-state index in [0.717, 1.165) is 35.7 Å². The Morgan fingerprint density at radius 1 is 1.07 bits per heavy atom. The summed E-state index contributed by atoms with van der Waals surface area (Å²) in [6.45, 7) is 4.05. The average Bonchev–Trinajstić information content (AvgIpc) is 3.21. The molecule has 0 amide bonds. The number of aromatic nitrogens is 2. The zero-order valence-corrected chi connectivity index (χ0v) is 15.4. The topological polar surface area (TPSA) is 54.2 Å². The Balaban J connectivity index is 1.59. The Labute approximate surface area is 159 Å². The third-order valence-corrected chi connectivity index (χ3v) is 4.04. The lowest BCUT2D eigenvalue weighted by Gasteiger charge is -2.11. The van der Waals surface area contributed by atoms with Crippen LogP contribution in [0.2, 0.25) is 0 Å². The second kappa shape index (κ2) is 9.52. The van der Waals surface area contributed by atoms with Crippen LogP contribution in [-0.4, -0.2) is 28.8 Å². The van der Waals surface area contributed by atoms with Crippen LogP contribution in [0.4, 0.5) is 4.39 Å². The van der Waals surface area contributed by atoms with Gasteiger partial charge in [-0.3, -0.25) is 0 Å². The summed E-state index contributed by atoms with van der Waals surface area (Å²) in [7, 11) is 0. The molecule has 0 atom stereocenters. The van der Waals surface area contributed by atoms with E-state index in [1.54, 1.807) is 18.3 Å². The molecule has 6 heteroatoms. The largest absolute Gasteiger partial charge is 0.357 e. The number of halogens is 1. The Morgan fingerprint density at radius 2 is 1.93 bits per heavy atom. The van der Waals surface area contributed by atoms with Crippen molar-refractivity contribution in [1.29, 1.82) is 0 Å². The first kappa shape index (κ1) is 18.6. The summed E-state index contributed by atoms with van der Waals surface area (Å²) >= 11 is 0. The number of hydrogen-bond donors (Lipinski definition) is 2. The van der Waals surface area contributed by atoms with E-state index in [9.17, 15) is 4.39 Å². The van der Waals surface area contributed by atoms with E-state index in [1.807, 2.05) is 48.1 Å². The molecule has 3 aromatic rings. The summed E-state index contributed by atoms with van der Waals surface area (Å²) in [5.74, 6) is 0.545. The minimum Gasteiger partial charge on any atom is -0.357 e. The maximum absolute atomic E-state index is 13.3. The van der Waals surface area contributed by atoms with Gasteiger partial charge in [0.15, 0.2) is 5.96 Å². The quantitative estimate of drug-likeness (QED) is 0.499. The minimum atomic E-state index is -0.204. The van der Waals surface area contributed by atoms with Crippen molar-refractivity contribution in [2.24, 2.45) is 4.99 Å². The molecule has 0 spiro atoms. The second-order valence-corrected chi connectivity index (χ2v) is 6.12. The molecule has 0 radical (unpaired) electrons. The normalized spacial score (nSPS) is 11.4. The van der Waals surface area contributed by atoms with Crippen molar-refractivity contribution >= 4 is 5.96 Å². The smallest absolute Gasteiger partial charge is 0.191 e. The monoisotopic (exact) mass is 365 g/mol. The van der Waals surface area contributed by atoms with Gasteiger partial charge in [0.1, 0.15) is 5.82 Å². The van der Waals surface area contributed by atoms with Crippen molar-refractivity contribution in [2.45, 2.75) is 19.9 Å². The van der Waals surface area contributed by atoms with Gasteiger partial charge in [0.2, 0.25) is 0 Å². The van der Waals surface area contributed by atoms with E-state index in [0.29, 0.717) is 13.1 Å². The number of nitrogens with zero attached hydrogens (tertiary/aromatic N) is 3. The molecular weight excluding hydrogens is 341 g/mol. The summed E-state index contributed by atoms with van der Waals surface area (Å²) in [6.07, 6.45) is 4.41. The number of aliphatic imine (C=N–C) groups is 1. The van der Waals surface area contributed by atoms with E-state index in [4.69, 9.17) is 0 Å². The lowest BCUT2D eigenvalue weighted by Crippen LogP contribution is -2.38. The highest BCUT2D eigenvalue weighted by Gasteiger charge is 2.01. The summed E-state index contributed by atoms with van der Waals surface area (Å²) in [5.41, 5.74) is 3.08. The molecule has 5 nitrogen and oxygen atoms in total. The first-order valence-electron chi connectivity index (χ1n) is 9.10. The molecule has 0 bridgehead atoms. The highest BCUT2D eigenvalue weighted by atomic mass is 19.1. The number of benzene rings is 2. The van der Waals surface area contributed by atoms with E-state index in [2.05, 4.69) is 26.8 Å². The molecule has 1 heterocycles. The second-order valence-electron chi connectivity index (χ2n) is 6.12. The molecule has 0 aliphatic heterocycles. The number of nitrogens with one attached hydrogen (secondary N) is 2. The van der Waals surface area contributed by atoms with Crippen LogP contribution in [0.5, 0.6) is 0 Å². The van der Waals surface area contributed by atoms with Crippen molar-refractivity contribution in [2.75, 3.05) is 13.1 Å². The van der Waals surface area contributed by atoms with Crippen LogP contribution >= 0.6 is 0 Å². The van der Waals surface area contributed by atoms with Gasteiger partial charge in [0.05, 0.1) is 12.2 Å². The maximum Gasteiger partial charge on any atom is 0.191 e. The lowest BCUT2D eigenvalue weighted by atomic mass is 10.1. The zero-order chi connectivity index (χ0) is 18.9. The van der Waals surface area contributed by atoms with E-state index in [1.165, 1.54) is 6.07 Å². The van der Waals surface area contributed by atoms with Crippen LogP contribution in [0.1, 0.15) is 18.1 Å². The lowest BCUT2D eigenvalue weighted by molar-refractivity contribution is 0.625. The Kier molecular flexibility index (Phi) is 6.57. The van der Waals surface area contributed by atoms with Crippen molar-refractivity contribution in [1.82, 2.24) is 20.4 Å². The summed E-state index contributed by atoms with van der Waals surface area (Å²) < 4.78 is 15.1.